The van der Waals surface area contributed by atoms with Crippen LogP contribution in [0.5, 0.6) is 0 Å². The van der Waals surface area contributed by atoms with Crippen LogP contribution in [0.2, 0.25) is 0 Å². The van der Waals surface area contributed by atoms with Crippen LogP contribution in [0.25, 0.3) is 0 Å². The van der Waals surface area contributed by atoms with Gasteiger partial charge in [-0.25, -0.2) is 0 Å². The summed E-state index contributed by atoms with van der Waals surface area (Å²) in [6.45, 7) is 3.09. The summed E-state index contributed by atoms with van der Waals surface area (Å²) in [6.07, 6.45) is -10.4. The molecular weight excluding hydrogens is 1070 g/mol. The van der Waals surface area contributed by atoms with Crippen LogP contribution in [0.3, 0.4) is 0 Å². The summed E-state index contributed by atoms with van der Waals surface area (Å²) in [6, 6.07) is 65.0. The zero-order valence-corrected chi connectivity index (χ0v) is 46.4. The van der Waals surface area contributed by atoms with Gasteiger partial charge in [0.1, 0.15) is 60.3 Å². The molecule has 9 rings (SSSR count). The maximum Gasteiger partial charge on any atom is 0.271 e. The second-order valence-electron chi connectivity index (χ2n) is 19.6. The van der Waals surface area contributed by atoms with Gasteiger partial charge < -0.3 is 42.6 Å². The number of hydrogen-bond donors (Lipinski definition) is 0. The molecule has 0 N–H and O–H groups in total. The van der Waals surface area contributed by atoms with Crippen molar-refractivity contribution in [3.63, 3.8) is 0 Å². The molecule has 15 nitrogen and oxygen atoms in total. The van der Waals surface area contributed by atoms with E-state index in [4.69, 9.17) is 51.0 Å². The predicted molar refractivity (Wildman–Crippen MR) is 303 cm³/mol. The van der Waals surface area contributed by atoms with Crippen molar-refractivity contribution in [1.29, 1.82) is 0 Å². The molecule has 2 fully saturated rings. The highest BCUT2D eigenvalue weighted by atomic mass is 32.2. The van der Waals surface area contributed by atoms with Gasteiger partial charge in [0.05, 0.1) is 52.9 Å². The Morgan fingerprint density at radius 2 is 0.630 bits per heavy atom. The van der Waals surface area contributed by atoms with E-state index in [0.717, 1.165) is 27.8 Å². The lowest BCUT2D eigenvalue weighted by atomic mass is 9.95. The van der Waals surface area contributed by atoms with E-state index >= 15 is 0 Å². The van der Waals surface area contributed by atoms with Crippen LogP contribution >= 0.6 is 0 Å². The van der Waals surface area contributed by atoms with Gasteiger partial charge in [0.15, 0.2) is 12.6 Å². The number of hydrogen-bond acceptors (Lipinski definition) is 15. The first-order valence-electron chi connectivity index (χ1n) is 26.9. The van der Waals surface area contributed by atoms with Crippen molar-refractivity contribution in [2.75, 3.05) is 19.8 Å². The lowest BCUT2D eigenvalue weighted by Gasteiger charge is -2.50. The van der Waals surface area contributed by atoms with E-state index in [1.54, 1.807) is 66.7 Å². The first-order valence-corrected chi connectivity index (χ1v) is 30.0. The average molecular weight is 1140 g/mol. The maximum atomic E-state index is 14.0. The summed E-state index contributed by atoms with van der Waals surface area (Å²) in [5, 5.41) is 0. The van der Waals surface area contributed by atoms with Gasteiger partial charge in [0.2, 0.25) is 0 Å². The van der Waals surface area contributed by atoms with E-state index in [1.165, 1.54) is 0 Å². The van der Waals surface area contributed by atoms with Crippen molar-refractivity contribution in [3.05, 3.63) is 264 Å². The van der Waals surface area contributed by atoms with Crippen LogP contribution < -0.4 is 0 Å². The summed E-state index contributed by atoms with van der Waals surface area (Å²) in [4.78, 5) is 0. The zero-order chi connectivity index (χ0) is 56.1. The van der Waals surface area contributed by atoms with Gasteiger partial charge in [-0.15, -0.1) is 6.58 Å². The van der Waals surface area contributed by atoms with E-state index in [9.17, 15) is 16.8 Å². The highest BCUT2D eigenvalue weighted by Gasteiger charge is 2.55. The smallest absolute Gasteiger partial charge is 0.271 e. The highest BCUT2D eigenvalue weighted by molar-refractivity contribution is 7.86. The number of benzene rings is 7. The molecule has 7 aromatic rings. The Morgan fingerprint density at radius 1 is 0.346 bits per heavy atom. The average Bonchev–Trinajstić information content (AvgIpc) is 3.69. The van der Waals surface area contributed by atoms with Crippen molar-refractivity contribution in [1.82, 2.24) is 0 Å². The Kier molecular flexibility index (Phi) is 22.1. The van der Waals surface area contributed by atoms with Gasteiger partial charge >= 0.3 is 0 Å². The third-order valence-electron chi connectivity index (χ3n) is 13.5. The van der Waals surface area contributed by atoms with Gasteiger partial charge in [-0.3, -0.25) is 8.37 Å². The third kappa shape index (κ3) is 18.1. The van der Waals surface area contributed by atoms with Crippen LogP contribution in [0.1, 0.15) is 38.9 Å². The van der Waals surface area contributed by atoms with Crippen LogP contribution in [0.4, 0.5) is 0 Å². The standard InChI is InChI=1S/C64H68O15S2/c1-2-38-69-63-61(73-42-51-30-16-6-17-31-51)60(72-41-50-28-14-5-15-29-50)58(56(77-63)45-76-81(67,68)47-54-36-22-9-23-37-54)79-64-62(74-43-52-32-18-7-19-33-52)59(71-40-49-26-12-4-13-27-49)57(70-39-48-24-10-3-11-25-48)55(78-64)44-75-80(65,66)46-53-34-20-8-21-35-53/h2-37,55-64H,1,38-47H2/t55-,56-,57-,58-,59+,60+,61-,62-,63?,64+/m1/s1. The minimum Gasteiger partial charge on any atom is -0.368 e. The monoisotopic (exact) mass is 1140 g/mol. The second-order valence-corrected chi connectivity index (χ2v) is 22.8. The van der Waals surface area contributed by atoms with Crippen molar-refractivity contribution in [2.45, 2.75) is 106 Å². The lowest BCUT2D eigenvalue weighted by molar-refractivity contribution is -0.375. The Labute approximate surface area is 475 Å². The molecule has 0 radical (unpaired) electrons. The van der Waals surface area contributed by atoms with Gasteiger partial charge in [-0.2, -0.15) is 16.8 Å². The Balaban J connectivity index is 1.15. The molecule has 0 bridgehead atoms. The van der Waals surface area contributed by atoms with E-state index in [0.29, 0.717) is 11.1 Å². The van der Waals surface area contributed by atoms with Crippen molar-refractivity contribution in [2.24, 2.45) is 0 Å². The van der Waals surface area contributed by atoms with Gasteiger partial charge in [-0.1, -0.05) is 218 Å². The highest BCUT2D eigenvalue weighted by Crippen LogP contribution is 2.37. The molecule has 0 aromatic heterocycles. The quantitative estimate of drug-likeness (QED) is 0.0308. The predicted octanol–water partition coefficient (Wildman–Crippen LogP) is 10.0. The third-order valence-corrected chi connectivity index (χ3v) is 15.8. The zero-order valence-electron chi connectivity index (χ0n) is 44.8. The van der Waals surface area contributed by atoms with E-state index < -0.39 is 106 Å². The van der Waals surface area contributed by atoms with E-state index in [1.807, 2.05) is 152 Å². The second kappa shape index (κ2) is 30.2. The molecule has 0 aliphatic carbocycles. The summed E-state index contributed by atoms with van der Waals surface area (Å²) in [5.74, 6) is -0.846. The van der Waals surface area contributed by atoms with Crippen LogP contribution in [0.15, 0.2) is 225 Å². The summed E-state index contributed by atoms with van der Waals surface area (Å²) >= 11 is 0. The number of ether oxygens (including phenoxy) is 9. The lowest BCUT2D eigenvalue weighted by Crippen LogP contribution is -2.66. The Morgan fingerprint density at radius 3 is 0.988 bits per heavy atom. The van der Waals surface area contributed by atoms with Crippen LogP contribution in [-0.2, 0) is 116 Å². The molecule has 0 amide bonds. The molecule has 17 heteroatoms. The maximum absolute atomic E-state index is 14.0. The molecule has 2 heterocycles. The molecule has 81 heavy (non-hydrogen) atoms. The van der Waals surface area contributed by atoms with Crippen molar-refractivity contribution < 1.29 is 67.8 Å². The minimum absolute atomic E-state index is 0.0213. The van der Waals surface area contributed by atoms with E-state index in [-0.39, 0.29) is 39.6 Å². The first-order chi connectivity index (χ1) is 39.6. The first kappa shape index (κ1) is 59.4. The normalized spacial score (nSPS) is 23.2. The molecule has 2 aliphatic rings. The molecular formula is C64H68O15S2. The Bertz CT molecular complexity index is 3150. The molecule has 2 aliphatic heterocycles. The molecule has 426 valence electrons. The Hall–Kier alpha value is -6.26. The molecule has 7 aromatic carbocycles. The summed E-state index contributed by atoms with van der Waals surface area (Å²) < 4.78 is 130. The topological polar surface area (TPSA) is 170 Å². The molecule has 1 unspecified atom stereocenters. The minimum atomic E-state index is -4.27. The SMILES string of the molecule is C=CCOC1O[C@H](COS(=O)(=O)Cc2ccccc2)[C@@H](O[C@@H]2O[C@H](COS(=O)(=O)Cc3ccccc3)[C@@H](OCc3ccccc3)[C@H](OCc3ccccc3)[C@H]2OCc2ccccc2)[C@H](OCc2ccccc2)[C@H]1OCc1ccccc1. The molecule has 0 saturated carbocycles. The number of rotatable bonds is 30. The molecule has 0 spiro atoms. The summed E-state index contributed by atoms with van der Waals surface area (Å²) in [7, 11) is -8.52. The fourth-order valence-electron chi connectivity index (χ4n) is 9.50. The summed E-state index contributed by atoms with van der Waals surface area (Å²) in [5.41, 5.74) is 5.16. The molecule has 10 atom stereocenters. The van der Waals surface area contributed by atoms with Gasteiger partial charge in [0, 0.05) is 0 Å². The van der Waals surface area contributed by atoms with Gasteiger partial charge in [-0.05, 0) is 38.9 Å². The van der Waals surface area contributed by atoms with Gasteiger partial charge in [0.25, 0.3) is 20.2 Å². The fraction of sp³-hybridized carbons (Fsp3) is 0.312. The fourth-order valence-corrected chi connectivity index (χ4v) is 11.6. The van der Waals surface area contributed by atoms with Crippen LogP contribution in [0, 0.1) is 0 Å². The van der Waals surface area contributed by atoms with Crippen LogP contribution in [-0.4, -0.2) is 98.1 Å². The molecule has 2 saturated heterocycles. The van der Waals surface area contributed by atoms with E-state index in [2.05, 4.69) is 6.58 Å². The van der Waals surface area contributed by atoms with Crippen molar-refractivity contribution >= 4 is 20.2 Å². The van der Waals surface area contributed by atoms with Crippen molar-refractivity contribution in [3.8, 4) is 0 Å². The largest absolute Gasteiger partial charge is 0.368 e.